The lowest BCUT2D eigenvalue weighted by atomic mass is 10.1. The molecule has 4 aromatic rings. The Kier molecular flexibility index (Phi) is 4.14. The number of aromatic nitrogens is 2. The van der Waals surface area contributed by atoms with E-state index in [-0.39, 0.29) is 5.91 Å². The Morgan fingerprint density at radius 3 is 2.81 bits per heavy atom. The lowest BCUT2D eigenvalue weighted by Gasteiger charge is -2.07. The fourth-order valence-electron chi connectivity index (χ4n) is 2.62. The lowest BCUT2D eigenvalue weighted by molar-refractivity contribution is 0.102. The highest BCUT2D eigenvalue weighted by Gasteiger charge is 2.13. The predicted molar refractivity (Wildman–Crippen MR) is 101 cm³/mol. The summed E-state index contributed by atoms with van der Waals surface area (Å²) < 4.78 is 5.75. The van der Waals surface area contributed by atoms with Crippen molar-refractivity contribution in [3.63, 3.8) is 0 Å². The first-order chi connectivity index (χ1) is 12.6. The van der Waals surface area contributed by atoms with Gasteiger partial charge in [0.15, 0.2) is 5.58 Å². The molecule has 0 aliphatic heterocycles. The van der Waals surface area contributed by atoms with Gasteiger partial charge in [-0.15, -0.1) is 0 Å². The van der Waals surface area contributed by atoms with E-state index < -0.39 is 0 Å². The molecular weight excluding hydrogens is 350 g/mol. The third-order valence-corrected chi connectivity index (χ3v) is 4.24. The van der Waals surface area contributed by atoms with Crippen molar-refractivity contribution in [1.82, 2.24) is 9.97 Å². The molecule has 0 aliphatic rings. The minimum Gasteiger partial charge on any atom is -0.436 e. The van der Waals surface area contributed by atoms with Gasteiger partial charge in [0.25, 0.3) is 5.91 Å². The van der Waals surface area contributed by atoms with Gasteiger partial charge in [-0.25, -0.2) is 4.98 Å². The van der Waals surface area contributed by atoms with Gasteiger partial charge in [-0.1, -0.05) is 17.7 Å². The van der Waals surface area contributed by atoms with E-state index in [1.807, 2.05) is 25.1 Å². The van der Waals surface area contributed by atoms with Gasteiger partial charge in [-0.3, -0.25) is 9.78 Å². The molecule has 0 saturated heterocycles. The van der Waals surface area contributed by atoms with Crippen LogP contribution in [0.2, 0.25) is 5.02 Å². The zero-order valence-electron chi connectivity index (χ0n) is 13.9. The van der Waals surface area contributed by atoms with Crippen molar-refractivity contribution in [2.45, 2.75) is 6.92 Å². The maximum Gasteiger partial charge on any atom is 0.257 e. The number of nitrogens with one attached hydrogen (secondary N) is 1. The first kappa shape index (κ1) is 16.3. The number of halogens is 1. The van der Waals surface area contributed by atoms with Gasteiger partial charge in [0, 0.05) is 18.1 Å². The maximum absolute atomic E-state index is 12.5. The summed E-state index contributed by atoms with van der Waals surface area (Å²) in [5, 5.41) is 3.26. The molecule has 0 spiro atoms. The molecule has 1 N–H and O–H groups in total. The average Bonchev–Trinajstić information content (AvgIpc) is 3.05. The van der Waals surface area contributed by atoms with Gasteiger partial charge in [-0.2, -0.15) is 0 Å². The number of benzene rings is 2. The first-order valence-electron chi connectivity index (χ1n) is 7.99. The monoisotopic (exact) mass is 363 g/mol. The molecule has 4 rings (SSSR count). The molecule has 2 aromatic heterocycles. The van der Waals surface area contributed by atoms with Crippen LogP contribution in [-0.2, 0) is 0 Å². The molecule has 0 atom stereocenters. The van der Waals surface area contributed by atoms with Crippen molar-refractivity contribution in [1.29, 1.82) is 0 Å². The zero-order valence-corrected chi connectivity index (χ0v) is 14.6. The number of rotatable bonds is 3. The Hall–Kier alpha value is -3.18. The summed E-state index contributed by atoms with van der Waals surface area (Å²) in [4.78, 5) is 21.0. The fraction of sp³-hybridized carbons (Fsp3) is 0.0500. The van der Waals surface area contributed by atoms with E-state index in [1.165, 1.54) is 0 Å². The SMILES string of the molecule is Cc1ccc(C(=O)Nc2ccc3oc(-c4cccnc4)nc3c2)c(Cl)c1. The Bertz CT molecular complexity index is 1110. The van der Waals surface area contributed by atoms with Crippen LogP contribution < -0.4 is 5.32 Å². The minimum atomic E-state index is -0.273. The average molecular weight is 364 g/mol. The Labute approximate surface area is 154 Å². The van der Waals surface area contributed by atoms with Gasteiger partial charge in [0.2, 0.25) is 5.89 Å². The standard InChI is InChI=1S/C20H14ClN3O2/c1-12-4-6-15(16(21)9-12)19(25)23-14-5-7-18-17(10-14)24-20(26-18)13-3-2-8-22-11-13/h2-11H,1H3,(H,23,25). The van der Waals surface area contributed by atoms with Crippen LogP contribution in [0.3, 0.4) is 0 Å². The number of carbonyl (C=O) groups is 1. The number of oxazole rings is 1. The smallest absolute Gasteiger partial charge is 0.257 e. The number of fused-ring (bicyclic) bond motifs is 1. The van der Waals surface area contributed by atoms with E-state index in [4.69, 9.17) is 16.0 Å². The van der Waals surface area contributed by atoms with E-state index in [2.05, 4.69) is 15.3 Å². The van der Waals surface area contributed by atoms with Crippen LogP contribution in [0.25, 0.3) is 22.6 Å². The Morgan fingerprint density at radius 2 is 2.04 bits per heavy atom. The summed E-state index contributed by atoms with van der Waals surface area (Å²) in [7, 11) is 0. The molecule has 2 heterocycles. The van der Waals surface area contributed by atoms with Crippen molar-refractivity contribution in [3.05, 3.63) is 77.1 Å². The topological polar surface area (TPSA) is 68.0 Å². The second-order valence-electron chi connectivity index (χ2n) is 5.88. The van der Waals surface area contributed by atoms with E-state index >= 15 is 0 Å². The second kappa shape index (κ2) is 6.61. The second-order valence-corrected chi connectivity index (χ2v) is 6.29. The van der Waals surface area contributed by atoms with Crippen LogP contribution in [0.5, 0.6) is 0 Å². The fourth-order valence-corrected chi connectivity index (χ4v) is 2.94. The molecule has 0 bridgehead atoms. The molecule has 128 valence electrons. The Morgan fingerprint density at radius 1 is 1.15 bits per heavy atom. The summed E-state index contributed by atoms with van der Waals surface area (Å²) in [6.45, 7) is 1.92. The third-order valence-electron chi connectivity index (χ3n) is 3.92. The van der Waals surface area contributed by atoms with E-state index in [0.717, 1.165) is 11.1 Å². The van der Waals surface area contributed by atoms with Gasteiger partial charge in [0.1, 0.15) is 5.52 Å². The number of nitrogens with zero attached hydrogens (tertiary/aromatic N) is 2. The highest BCUT2D eigenvalue weighted by Crippen LogP contribution is 2.26. The molecule has 6 heteroatoms. The van der Waals surface area contributed by atoms with E-state index in [9.17, 15) is 4.79 Å². The zero-order chi connectivity index (χ0) is 18.1. The molecule has 0 fully saturated rings. The van der Waals surface area contributed by atoms with Crippen LogP contribution in [0, 0.1) is 6.92 Å². The van der Waals surface area contributed by atoms with Crippen LogP contribution in [0.1, 0.15) is 15.9 Å². The van der Waals surface area contributed by atoms with Crippen molar-refractivity contribution in [2.24, 2.45) is 0 Å². The van der Waals surface area contributed by atoms with Gasteiger partial charge in [0.05, 0.1) is 16.1 Å². The summed E-state index contributed by atoms with van der Waals surface area (Å²) >= 11 is 6.16. The number of amides is 1. The number of hydrogen-bond acceptors (Lipinski definition) is 4. The molecule has 5 nitrogen and oxygen atoms in total. The largest absolute Gasteiger partial charge is 0.436 e. The molecule has 0 unspecified atom stereocenters. The summed E-state index contributed by atoms with van der Waals surface area (Å²) in [6.07, 6.45) is 3.38. The van der Waals surface area contributed by atoms with Crippen molar-refractivity contribution in [2.75, 3.05) is 5.32 Å². The van der Waals surface area contributed by atoms with Crippen molar-refractivity contribution in [3.8, 4) is 11.5 Å². The quantitative estimate of drug-likeness (QED) is 0.549. The summed E-state index contributed by atoms with van der Waals surface area (Å²) in [6, 6.07) is 14.3. The summed E-state index contributed by atoms with van der Waals surface area (Å²) in [5.41, 5.74) is 4.12. The normalized spacial score (nSPS) is 10.8. The van der Waals surface area contributed by atoms with Crippen LogP contribution >= 0.6 is 11.6 Å². The van der Waals surface area contributed by atoms with E-state index in [0.29, 0.717) is 33.3 Å². The lowest BCUT2D eigenvalue weighted by Crippen LogP contribution is -2.12. The molecular formula is C20H14ClN3O2. The molecule has 26 heavy (non-hydrogen) atoms. The highest BCUT2D eigenvalue weighted by atomic mass is 35.5. The van der Waals surface area contributed by atoms with Crippen LogP contribution in [0.15, 0.2) is 65.3 Å². The molecule has 0 aliphatic carbocycles. The van der Waals surface area contributed by atoms with Crippen LogP contribution in [-0.4, -0.2) is 15.9 Å². The van der Waals surface area contributed by atoms with Gasteiger partial charge >= 0.3 is 0 Å². The number of pyridine rings is 1. The molecule has 2 aromatic carbocycles. The number of carbonyl (C=O) groups excluding carboxylic acids is 1. The number of hydrogen-bond donors (Lipinski definition) is 1. The van der Waals surface area contributed by atoms with Crippen molar-refractivity contribution >= 4 is 34.3 Å². The third kappa shape index (κ3) is 3.17. The predicted octanol–water partition coefficient (Wildman–Crippen LogP) is 5.10. The number of anilines is 1. The Balaban J connectivity index is 1.62. The van der Waals surface area contributed by atoms with Gasteiger partial charge < -0.3 is 9.73 Å². The first-order valence-corrected chi connectivity index (χ1v) is 8.36. The maximum atomic E-state index is 12.5. The van der Waals surface area contributed by atoms with E-state index in [1.54, 1.807) is 42.7 Å². The highest BCUT2D eigenvalue weighted by molar-refractivity contribution is 6.34. The van der Waals surface area contributed by atoms with Gasteiger partial charge in [-0.05, 0) is 55.0 Å². The molecule has 1 amide bonds. The minimum absolute atomic E-state index is 0.273. The number of aryl methyl sites for hydroxylation is 1. The van der Waals surface area contributed by atoms with Crippen molar-refractivity contribution < 1.29 is 9.21 Å². The van der Waals surface area contributed by atoms with Crippen LogP contribution in [0.4, 0.5) is 5.69 Å². The molecule has 0 saturated carbocycles. The molecule has 0 radical (unpaired) electrons. The summed E-state index contributed by atoms with van der Waals surface area (Å²) in [5.74, 6) is 0.212.